The molecule has 0 aromatic carbocycles. The van der Waals surface area contributed by atoms with E-state index in [1.54, 1.807) is 0 Å². The van der Waals surface area contributed by atoms with Crippen molar-refractivity contribution in [1.82, 2.24) is 10.6 Å². The van der Waals surface area contributed by atoms with Crippen molar-refractivity contribution in [2.24, 2.45) is 5.41 Å². The van der Waals surface area contributed by atoms with E-state index in [9.17, 15) is 9.59 Å². The van der Waals surface area contributed by atoms with Crippen LogP contribution in [0, 0.1) is 5.41 Å². The number of hydrogen-bond acceptors (Lipinski definition) is 3. The van der Waals surface area contributed by atoms with Gasteiger partial charge in [-0.2, -0.15) is 0 Å². The highest BCUT2D eigenvalue weighted by molar-refractivity contribution is 5.84. The summed E-state index contributed by atoms with van der Waals surface area (Å²) in [5.74, 6) is -0.836. The fraction of sp³-hybridized carbons (Fsp3) is 0.818. The first-order valence-electron chi connectivity index (χ1n) is 5.89. The van der Waals surface area contributed by atoms with Crippen LogP contribution in [0.4, 0.5) is 0 Å². The molecule has 1 atom stereocenters. The number of carboxylic acid groups (broad SMARTS) is 1. The van der Waals surface area contributed by atoms with E-state index in [0.29, 0.717) is 12.8 Å². The highest BCUT2D eigenvalue weighted by Gasteiger charge is 2.50. The standard InChI is InChI=1S/C11H18N2O3/c14-9(8-3-1-2-6-12-8)13-7-11(4-5-11)10(15)16/h8,12H,1-7H2,(H,13,14)(H,15,16)/t8-/m0/s1. The van der Waals surface area contributed by atoms with Gasteiger partial charge in [0.25, 0.3) is 0 Å². The van der Waals surface area contributed by atoms with Gasteiger partial charge >= 0.3 is 5.97 Å². The van der Waals surface area contributed by atoms with Crippen LogP contribution in [0.2, 0.25) is 0 Å². The predicted molar refractivity (Wildman–Crippen MR) is 58.0 cm³/mol. The zero-order valence-corrected chi connectivity index (χ0v) is 9.29. The Hall–Kier alpha value is -1.10. The van der Waals surface area contributed by atoms with Crippen molar-refractivity contribution in [2.75, 3.05) is 13.1 Å². The van der Waals surface area contributed by atoms with Gasteiger partial charge in [0.05, 0.1) is 11.5 Å². The molecule has 0 aromatic heterocycles. The maximum Gasteiger partial charge on any atom is 0.311 e. The number of nitrogens with one attached hydrogen (secondary N) is 2. The molecule has 0 radical (unpaired) electrons. The van der Waals surface area contributed by atoms with Crippen molar-refractivity contribution in [2.45, 2.75) is 38.1 Å². The summed E-state index contributed by atoms with van der Waals surface area (Å²) in [7, 11) is 0. The predicted octanol–water partition coefficient (Wildman–Crippen LogP) is 0.109. The van der Waals surface area contributed by atoms with E-state index in [4.69, 9.17) is 5.11 Å². The third-order valence-corrected chi connectivity index (χ3v) is 3.54. The first kappa shape index (κ1) is 11.4. The second-order valence-electron chi connectivity index (χ2n) is 4.81. The van der Waals surface area contributed by atoms with Crippen LogP contribution >= 0.6 is 0 Å². The fourth-order valence-corrected chi connectivity index (χ4v) is 2.07. The molecule has 5 nitrogen and oxygen atoms in total. The third-order valence-electron chi connectivity index (χ3n) is 3.54. The van der Waals surface area contributed by atoms with Crippen LogP contribution in [0.15, 0.2) is 0 Å². The summed E-state index contributed by atoms with van der Waals surface area (Å²) < 4.78 is 0. The summed E-state index contributed by atoms with van der Waals surface area (Å²) in [6.45, 7) is 1.15. The number of carbonyl (C=O) groups is 2. The van der Waals surface area contributed by atoms with Gasteiger partial charge in [-0.1, -0.05) is 6.42 Å². The Morgan fingerprint density at radius 3 is 2.62 bits per heavy atom. The number of aliphatic carboxylic acids is 1. The van der Waals surface area contributed by atoms with E-state index in [-0.39, 0.29) is 18.5 Å². The second kappa shape index (κ2) is 4.41. The normalized spacial score (nSPS) is 27.1. The molecule has 1 heterocycles. The smallest absolute Gasteiger partial charge is 0.311 e. The molecule has 1 aliphatic heterocycles. The third kappa shape index (κ3) is 2.35. The largest absolute Gasteiger partial charge is 0.481 e. The number of piperidine rings is 1. The molecule has 1 saturated heterocycles. The fourth-order valence-electron chi connectivity index (χ4n) is 2.07. The molecule has 1 amide bonds. The molecule has 16 heavy (non-hydrogen) atoms. The number of carboxylic acids is 1. The highest BCUT2D eigenvalue weighted by Crippen LogP contribution is 2.45. The first-order chi connectivity index (χ1) is 7.64. The maximum atomic E-state index is 11.7. The molecule has 3 N–H and O–H groups in total. The van der Waals surface area contributed by atoms with Crippen molar-refractivity contribution in [3.05, 3.63) is 0 Å². The van der Waals surface area contributed by atoms with Gasteiger partial charge in [-0.3, -0.25) is 9.59 Å². The van der Waals surface area contributed by atoms with E-state index < -0.39 is 11.4 Å². The zero-order valence-electron chi connectivity index (χ0n) is 9.29. The van der Waals surface area contributed by atoms with Crippen molar-refractivity contribution >= 4 is 11.9 Å². The Balaban J connectivity index is 1.77. The minimum atomic E-state index is -0.788. The number of amides is 1. The summed E-state index contributed by atoms with van der Waals surface area (Å²) in [6.07, 6.45) is 4.39. The lowest BCUT2D eigenvalue weighted by molar-refractivity contribution is -0.143. The van der Waals surface area contributed by atoms with Crippen molar-refractivity contribution < 1.29 is 14.7 Å². The van der Waals surface area contributed by atoms with Crippen LogP contribution < -0.4 is 10.6 Å². The molecule has 0 spiro atoms. The van der Waals surface area contributed by atoms with Crippen molar-refractivity contribution in [1.29, 1.82) is 0 Å². The van der Waals surface area contributed by atoms with E-state index >= 15 is 0 Å². The Morgan fingerprint density at radius 2 is 2.12 bits per heavy atom. The van der Waals surface area contributed by atoms with E-state index in [0.717, 1.165) is 25.8 Å². The second-order valence-corrected chi connectivity index (χ2v) is 4.81. The summed E-state index contributed by atoms with van der Waals surface area (Å²) in [4.78, 5) is 22.6. The monoisotopic (exact) mass is 226 g/mol. The quantitative estimate of drug-likeness (QED) is 0.635. The zero-order chi connectivity index (χ0) is 11.6. The number of rotatable bonds is 4. The van der Waals surface area contributed by atoms with Crippen LogP contribution in [-0.2, 0) is 9.59 Å². The Kier molecular flexibility index (Phi) is 3.14. The van der Waals surface area contributed by atoms with E-state index in [1.807, 2.05) is 0 Å². The lowest BCUT2D eigenvalue weighted by Crippen LogP contribution is -2.48. The highest BCUT2D eigenvalue weighted by atomic mass is 16.4. The molecule has 2 fully saturated rings. The molecule has 1 aliphatic carbocycles. The van der Waals surface area contributed by atoms with Gasteiger partial charge in [0, 0.05) is 6.54 Å². The van der Waals surface area contributed by atoms with Gasteiger partial charge in [-0.05, 0) is 32.2 Å². The molecule has 90 valence electrons. The van der Waals surface area contributed by atoms with Gasteiger partial charge in [0.2, 0.25) is 5.91 Å². The maximum absolute atomic E-state index is 11.7. The Morgan fingerprint density at radius 1 is 1.38 bits per heavy atom. The van der Waals surface area contributed by atoms with Crippen LogP contribution in [0.25, 0.3) is 0 Å². The lowest BCUT2D eigenvalue weighted by Gasteiger charge is -2.23. The average molecular weight is 226 g/mol. The average Bonchev–Trinajstić information content (AvgIpc) is 3.08. The van der Waals surface area contributed by atoms with E-state index in [1.165, 1.54) is 0 Å². The molecule has 2 aliphatic rings. The summed E-state index contributed by atoms with van der Waals surface area (Å²) in [5.41, 5.74) is -0.662. The molecule has 0 aromatic rings. The van der Waals surface area contributed by atoms with Crippen LogP contribution in [0.5, 0.6) is 0 Å². The Bertz CT molecular complexity index is 294. The van der Waals surface area contributed by atoms with Gasteiger partial charge < -0.3 is 15.7 Å². The molecule has 1 saturated carbocycles. The summed E-state index contributed by atoms with van der Waals surface area (Å²) >= 11 is 0. The van der Waals surface area contributed by atoms with Crippen LogP contribution in [0.1, 0.15) is 32.1 Å². The lowest BCUT2D eigenvalue weighted by atomic mass is 10.0. The first-order valence-corrected chi connectivity index (χ1v) is 5.89. The van der Waals surface area contributed by atoms with Gasteiger partial charge in [-0.25, -0.2) is 0 Å². The molecular weight excluding hydrogens is 208 g/mol. The van der Waals surface area contributed by atoms with E-state index in [2.05, 4.69) is 10.6 Å². The minimum Gasteiger partial charge on any atom is -0.481 e. The molecule has 0 unspecified atom stereocenters. The molecule has 2 rings (SSSR count). The summed E-state index contributed by atoms with van der Waals surface area (Å²) in [5, 5.41) is 14.9. The molecular formula is C11H18N2O3. The molecule has 0 bridgehead atoms. The number of carbonyl (C=O) groups excluding carboxylic acids is 1. The minimum absolute atomic E-state index is 0.0489. The topological polar surface area (TPSA) is 78.4 Å². The van der Waals surface area contributed by atoms with Crippen molar-refractivity contribution in [3.63, 3.8) is 0 Å². The summed E-state index contributed by atoms with van der Waals surface area (Å²) in [6, 6.07) is -0.127. The van der Waals surface area contributed by atoms with Gasteiger partial charge in [0.15, 0.2) is 0 Å². The van der Waals surface area contributed by atoms with Crippen LogP contribution in [0.3, 0.4) is 0 Å². The molecule has 5 heteroatoms. The Labute approximate surface area is 94.6 Å². The SMILES string of the molecule is O=C(NCC1(C(=O)O)CC1)[C@@H]1CCCCN1. The number of hydrogen-bond donors (Lipinski definition) is 3. The van der Waals surface area contributed by atoms with Gasteiger partial charge in [-0.15, -0.1) is 0 Å². The van der Waals surface area contributed by atoms with Crippen molar-refractivity contribution in [3.8, 4) is 0 Å². The van der Waals surface area contributed by atoms with Gasteiger partial charge in [0.1, 0.15) is 0 Å². The van der Waals surface area contributed by atoms with Crippen LogP contribution in [-0.4, -0.2) is 36.1 Å².